The summed E-state index contributed by atoms with van der Waals surface area (Å²) in [7, 11) is 0. The van der Waals surface area contributed by atoms with E-state index in [9.17, 15) is 4.79 Å². The molecule has 0 aliphatic heterocycles. The Balaban J connectivity index is 2.60. The van der Waals surface area contributed by atoms with Gasteiger partial charge in [-0.2, -0.15) is 10.5 Å². The highest BCUT2D eigenvalue weighted by atomic mass is 16.1. The summed E-state index contributed by atoms with van der Waals surface area (Å²) in [5.74, 6) is -0.437. The number of hydrogen-bond donors (Lipinski definition) is 2. The molecule has 0 aliphatic carbocycles. The molecule has 1 aromatic carbocycles. The van der Waals surface area contributed by atoms with Crippen molar-refractivity contribution in [1.82, 2.24) is 10.6 Å². The minimum absolute atomic E-state index is 0.00859. The van der Waals surface area contributed by atoms with E-state index in [1.54, 1.807) is 0 Å². The molecule has 102 valence electrons. The van der Waals surface area contributed by atoms with Crippen LogP contribution in [-0.4, -0.2) is 12.5 Å². The van der Waals surface area contributed by atoms with Gasteiger partial charge in [0.2, 0.25) is 0 Å². The highest BCUT2D eigenvalue weighted by Crippen LogP contribution is 2.11. The van der Waals surface area contributed by atoms with Crippen molar-refractivity contribution >= 4 is 5.91 Å². The molecule has 1 rings (SSSR count). The fraction of sp³-hybridized carbons (Fsp3) is 0.267. The lowest BCUT2D eigenvalue weighted by Gasteiger charge is -2.13. The number of nitrogens with one attached hydrogen (secondary N) is 2. The molecule has 1 unspecified atom stereocenters. The second-order valence-electron chi connectivity index (χ2n) is 4.14. The summed E-state index contributed by atoms with van der Waals surface area (Å²) in [6.45, 7) is 2.26. The minimum Gasteiger partial charge on any atom is -0.389 e. The predicted molar refractivity (Wildman–Crippen MR) is 74.9 cm³/mol. The van der Waals surface area contributed by atoms with Crippen LogP contribution < -0.4 is 10.6 Å². The number of carbonyl (C=O) groups excluding carboxylic acids is 1. The fourth-order valence-corrected chi connectivity index (χ4v) is 1.55. The Kier molecular flexibility index (Phi) is 6.36. The summed E-state index contributed by atoms with van der Waals surface area (Å²) in [4.78, 5) is 11.9. The molecule has 1 atom stereocenters. The number of nitriles is 2. The van der Waals surface area contributed by atoms with Gasteiger partial charge in [0.1, 0.15) is 11.6 Å². The largest absolute Gasteiger partial charge is 0.389 e. The third-order valence-corrected chi connectivity index (χ3v) is 2.64. The van der Waals surface area contributed by atoms with Crippen molar-refractivity contribution in [3.05, 3.63) is 47.7 Å². The molecule has 0 radical (unpaired) electrons. The van der Waals surface area contributed by atoms with Gasteiger partial charge in [0, 0.05) is 12.7 Å². The maximum Gasteiger partial charge on any atom is 0.263 e. The third-order valence-electron chi connectivity index (χ3n) is 2.64. The van der Waals surface area contributed by atoms with E-state index in [1.807, 2.05) is 49.4 Å². The molecule has 0 aliphatic rings. The Morgan fingerprint density at radius 2 is 2.05 bits per heavy atom. The minimum atomic E-state index is -0.437. The lowest BCUT2D eigenvalue weighted by Crippen LogP contribution is -2.28. The molecule has 0 fully saturated rings. The Hall–Kier alpha value is -2.79. The number of amides is 1. The van der Waals surface area contributed by atoms with Crippen LogP contribution in [0.3, 0.4) is 0 Å². The van der Waals surface area contributed by atoms with Gasteiger partial charge in [-0.25, -0.2) is 0 Å². The van der Waals surface area contributed by atoms with Gasteiger partial charge in [0.15, 0.2) is 0 Å². The molecule has 5 heteroatoms. The van der Waals surface area contributed by atoms with E-state index in [1.165, 1.54) is 6.20 Å². The maximum atomic E-state index is 11.9. The molecule has 0 spiro atoms. The molecule has 2 N–H and O–H groups in total. The average Bonchev–Trinajstić information content (AvgIpc) is 2.48. The third kappa shape index (κ3) is 4.83. The van der Waals surface area contributed by atoms with Crippen molar-refractivity contribution in [2.75, 3.05) is 6.54 Å². The Bertz CT molecular complexity index is 551. The summed E-state index contributed by atoms with van der Waals surface area (Å²) in [5, 5.41) is 22.9. The van der Waals surface area contributed by atoms with Crippen LogP contribution in [0.1, 0.15) is 24.9 Å². The average molecular weight is 268 g/mol. The first-order valence-corrected chi connectivity index (χ1v) is 6.25. The summed E-state index contributed by atoms with van der Waals surface area (Å²) < 4.78 is 0. The topological polar surface area (TPSA) is 88.7 Å². The summed E-state index contributed by atoms with van der Waals surface area (Å²) in [5.41, 5.74) is 0.960. The molecule has 0 saturated carbocycles. The van der Waals surface area contributed by atoms with Crippen LogP contribution in [0.25, 0.3) is 0 Å². The van der Waals surface area contributed by atoms with Crippen LogP contribution in [0.5, 0.6) is 0 Å². The summed E-state index contributed by atoms with van der Waals surface area (Å²) in [6, 6.07) is 13.1. The van der Waals surface area contributed by atoms with Gasteiger partial charge in [0.25, 0.3) is 5.91 Å². The summed E-state index contributed by atoms with van der Waals surface area (Å²) >= 11 is 0. The number of nitrogens with zero attached hydrogens (tertiary/aromatic N) is 2. The van der Waals surface area contributed by atoms with E-state index in [-0.39, 0.29) is 11.6 Å². The standard InChI is InChI=1S/C15H16N4O/c1-12(13-6-3-2-4-7-13)19-15(20)14(10-17)11-18-9-5-8-16/h2-4,6-7,11-12,18H,5,9H2,1H3,(H,19,20)/b14-11-. The van der Waals surface area contributed by atoms with E-state index < -0.39 is 5.91 Å². The molecule has 20 heavy (non-hydrogen) atoms. The first-order chi connectivity index (χ1) is 9.69. The lowest BCUT2D eigenvalue weighted by molar-refractivity contribution is -0.117. The van der Waals surface area contributed by atoms with Gasteiger partial charge in [-0.1, -0.05) is 30.3 Å². The fourth-order valence-electron chi connectivity index (χ4n) is 1.55. The van der Waals surface area contributed by atoms with E-state index >= 15 is 0 Å². The quantitative estimate of drug-likeness (QED) is 0.467. The van der Waals surface area contributed by atoms with E-state index in [0.717, 1.165) is 5.56 Å². The lowest BCUT2D eigenvalue weighted by atomic mass is 10.1. The van der Waals surface area contributed by atoms with Crippen LogP contribution in [-0.2, 0) is 4.79 Å². The second kappa shape index (κ2) is 8.34. The van der Waals surface area contributed by atoms with E-state index in [4.69, 9.17) is 10.5 Å². The van der Waals surface area contributed by atoms with Crippen molar-refractivity contribution in [2.45, 2.75) is 19.4 Å². The number of carbonyl (C=O) groups is 1. The number of benzene rings is 1. The van der Waals surface area contributed by atoms with Crippen LogP contribution in [0.2, 0.25) is 0 Å². The zero-order valence-corrected chi connectivity index (χ0v) is 11.3. The smallest absolute Gasteiger partial charge is 0.263 e. The molecule has 0 heterocycles. The van der Waals surface area contributed by atoms with Gasteiger partial charge < -0.3 is 10.6 Å². The van der Waals surface area contributed by atoms with Gasteiger partial charge in [-0.05, 0) is 12.5 Å². The van der Waals surface area contributed by atoms with Crippen molar-refractivity contribution in [3.8, 4) is 12.1 Å². The van der Waals surface area contributed by atoms with Crippen molar-refractivity contribution in [2.24, 2.45) is 0 Å². The zero-order chi connectivity index (χ0) is 14.8. The SMILES string of the molecule is CC(NC(=O)/C(C#N)=C\NCCC#N)c1ccccc1. The van der Waals surface area contributed by atoms with Crippen molar-refractivity contribution in [1.29, 1.82) is 10.5 Å². The highest BCUT2D eigenvalue weighted by molar-refractivity contribution is 5.97. The molecular formula is C15H16N4O. The predicted octanol–water partition coefficient (Wildman–Crippen LogP) is 1.77. The molecule has 0 saturated heterocycles. The van der Waals surface area contributed by atoms with Crippen LogP contribution >= 0.6 is 0 Å². The molecular weight excluding hydrogens is 252 g/mol. The van der Waals surface area contributed by atoms with Gasteiger partial charge in [-0.15, -0.1) is 0 Å². The Morgan fingerprint density at radius 1 is 1.35 bits per heavy atom. The second-order valence-corrected chi connectivity index (χ2v) is 4.14. The van der Waals surface area contributed by atoms with Crippen molar-refractivity contribution in [3.63, 3.8) is 0 Å². The van der Waals surface area contributed by atoms with Crippen LogP contribution in [0.15, 0.2) is 42.1 Å². The maximum absolute atomic E-state index is 11.9. The normalized spacial score (nSPS) is 11.8. The first kappa shape index (κ1) is 15.3. The first-order valence-electron chi connectivity index (χ1n) is 6.25. The highest BCUT2D eigenvalue weighted by Gasteiger charge is 2.13. The van der Waals surface area contributed by atoms with Crippen LogP contribution in [0.4, 0.5) is 0 Å². The number of hydrogen-bond acceptors (Lipinski definition) is 4. The monoisotopic (exact) mass is 268 g/mol. The van der Waals surface area contributed by atoms with Gasteiger partial charge >= 0.3 is 0 Å². The van der Waals surface area contributed by atoms with E-state index in [0.29, 0.717) is 13.0 Å². The molecule has 5 nitrogen and oxygen atoms in total. The Morgan fingerprint density at radius 3 is 2.65 bits per heavy atom. The van der Waals surface area contributed by atoms with Gasteiger partial charge in [0.05, 0.1) is 18.5 Å². The molecule has 1 amide bonds. The molecule has 0 aromatic heterocycles. The van der Waals surface area contributed by atoms with E-state index in [2.05, 4.69) is 10.6 Å². The van der Waals surface area contributed by atoms with Crippen molar-refractivity contribution < 1.29 is 4.79 Å². The van der Waals surface area contributed by atoms with Gasteiger partial charge in [-0.3, -0.25) is 4.79 Å². The molecule has 0 bridgehead atoms. The van der Waals surface area contributed by atoms with Crippen LogP contribution in [0, 0.1) is 22.7 Å². The zero-order valence-electron chi connectivity index (χ0n) is 11.3. The molecule has 1 aromatic rings. The Labute approximate surface area is 118 Å². The number of rotatable bonds is 6. The summed E-state index contributed by atoms with van der Waals surface area (Å²) in [6.07, 6.45) is 1.65.